The predicted octanol–water partition coefficient (Wildman–Crippen LogP) is 5.97. The summed E-state index contributed by atoms with van der Waals surface area (Å²) in [4.78, 5) is 13.1. The van der Waals surface area contributed by atoms with Crippen LogP contribution in [0.25, 0.3) is 0 Å². The maximum Gasteiger partial charge on any atom is 0.242 e. The van der Waals surface area contributed by atoms with Crippen LogP contribution in [0.4, 0.5) is 5.13 Å². The quantitative estimate of drug-likeness (QED) is 0.218. The van der Waals surface area contributed by atoms with Crippen molar-refractivity contribution in [3.05, 3.63) is 98.9 Å². The van der Waals surface area contributed by atoms with Crippen molar-refractivity contribution in [2.24, 2.45) is 0 Å². The maximum atomic E-state index is 13.1. The molecule has 0 unspecified atom stereocenters. The van der Waals surface area contributed by atoms with Crippen LogP contribution in [0, 0.1) is 0 Å². The minimum atomic E-state index is -3.74. The third-order valence-corrected chi connectivity index (χ3v) is 9.02. The van der Waals surface area contributed by atoms with Gasteiger partial charge in [-0.1, -0.05) is 69.2 Å². The van der Waals surface area contributed by atoms with Crippen LogP contribution in [0.2, 0.25) is 5.02 Å². The van der Waals surface area contributed by atoms with Gasteiger partial charge >= 0.3 is 0 Å². The van der Waals surface area contributed by atoms with Crippen molar-refractivity contribution >= 4 is 59.9 Å². The molecule has 3 aromatic carbocycles. The van der Waals surface area contributed by atoms with E-state index in [0.29, 0.717) is 20.9 Å². The van der Waals surface area contributed by atoms with Crippen LogP contribution in [0.3, 0.4) is 0 Å². The van der Waals surface area contributed by atoms with Crippen molar-refractivity contribution in [2.75, 3.05) is 18.9 Å². The molecule has 0 spiro atoms. The molecule has 8 nitrogen and oxygen atoms in total. The second-order valence-electron chi connectivity index (χ2n) is 8.34. The number of carbonyl (C=O) groups is 1. The van der Waals surface area contributed by atoms with E-state index in [1.165, 1.54) is 22.7 Å². The number of benzene rings is 3. The highest BCUT2D eigenvalue weighted by Crippen LogP contribution is 2.26. The monoisotopic (exact) mass is 634 g/mol. The molecule has 0 saturated heterocycles. The van der Waals surface area contributed by atoms with Gasteiger partial charge in [0.1, 0.15) is 12.4 Å². The molecular formula is C26H24BrClN4O4S2. The number of carbonyl (C=O) groups excluding carboxylic acids is 1. The lowest BCUT2D eigenvalue weighted by atomic mass is 9.95. The zero-order valence-corrected chi connectivity index (χ0v) is 24.2. The summed E-state index contributed by atoms with van der Waals surface area (Å²) in [6.45, 7) is 0.312. The van der Waals surface area contributed by atoms with Crippen LogP contribution in [0.15, 0.2) is 88.2 Å². The molecule has 12 heteroatoms. The van der Waals surface area contributed by atoms with Gasteiger partial charge in [-0.2, -0.15) is 0 Å². The summed E-state index contributed by atoms with van der Waals surface area (Å²) in [5.74, 6) is -0.0373. The van der Waals surface area contributed by atoms with Crippen LogP contribution in [0.5, 0.6) is 5.75 Å². The largest absolute Gasteiger partial charge is 0.486 e. The van der Waals surface area contributed by atoms with E-state index < -0.39 is 10.0 Å². The third-order valence-electron chi connectivity index (χ3n) is 5.59. The summed E-state index contributed by atoms with van der Waals surface area (Å²) < 4.78 is 34.0. The SMILES string of the molecule is CN(C[C@H](CC(=O)Nc1nnc(COc2ccc(Cl)cc2)s1)c1ccccc1)S(=O)(=O)c1ccc(Br)cc1. The number of sulfonamides is 1. The van der Waals surface area contributed by atoms with Crippen LogP contribution in [-0.4, -0.2) is 42.4 Å². The van der Waals surface area contributed by atoms with Crippen LogP contribution in [0.1, 0.15) is 22.9 Å². The number of likely N-dealkylation sites (N-methyl/N-ethyl adjacent to an activating group) is 1. The number of nitrogens with one attached hydrogen (secondary N) is 1. The average Bonchev–Trinajstić information content (AvgIpc) is 3.35. The standard InChI is InChI=1S/C26H24BrClN4O4S2/c1-32(38(34,35)23-13-7-20(27)8-14-23)16-19(18-5-3-2-4-6-18)15-24(33)29-26-31-30-25(37-26)17-36-22-11-9-21(28)10-12-22/h2-14,19H,15-17H2,1H3,(H,29,31,33)/t19-/m0/s1. The van der Waals surface area contributed by atoms with Crippen LogP contribution >= 0.6 is 38.9 Å². The normalized spacial score (nSPS) is 12.3. The van der Waals surface area contributed by atoms with E-state index in [-0.39, 0.29) is 36.3 Å². The molecule has 1 atom stereocenters. The van der Waals surface area contributed by atoms with Crippen molar-refractivity contribution in [3.8, 4) is 5.75 Å². The number of aromatic nitrogens is 2. The Labute approximate surface area is 238 Å². The molecule has 0 aliphatic heterocycles. The average molecular weight is 636 g/mol. The van der Waals surface area contributed by atoms with Gasteiger partial charge in [0.15, 0.2) is 5.01 Å². The maximum absolute atomic E-state index is 13.1. The number of ether oxygens (including phenoxy) is 1. The molecule has 0 bridgehead atoms. The third kappa shape index (κ3) is 7.61. The van der Waals surface area contributed by atoms with E-state index in [4.69, 9.17) is 16.3 Å². The second kappa shape index (κ2) is 12.8. The molecule has 0 fully saturated rings. The van der Waals surface area contributed by atoms with E-state index in [9.17, 15) is 13.2 Å². The topological polar surface area (TPSA) is 101 Å². The van der Waals surface area contributed by atoms with E-state index in [1.807, 2.05) is 30.3 Å². The zero-order valence-electron chi connectivity index (χ0n) is 20.3. The molecule has 1 heterocycles. The highest BCUT2D eigenvalue weighted by molar-refractivity contribution is 9.10. The smallest absolute Gasteiger partial charge is 0.242 e. The Bertz CT molecular complexity index is 1470. The van der Waals surface area contributed by atoms with Crippen molar-refractivity contribution < 1.29 is 17.9 Å². The number of hydrogen-bond acceptors (Lipinski definition) is 7. The minimum Gasteiger partial charge on any atom is -0.486 e. The minimum absolute atomic E-state index is 0.0560. The van der Waals surface area contributed by atoms with Gasteiger partial charge in [-0.3, -0.25) is 4.79 Å². The summed E-state index contributed by atoms with van der Waals surface area (Å²) >= 11 is 10.4. The van der Waals surface area contributed by atoms with E-state index in [1.54, 1.807) is 48.5 Å². The lowest BCUT2D eigenvalue weighted by Gasteiger charge is -2.24. The van der Waals surface area contributed by atoms with Gasteiger partial charge in [-0.15, -0.1) is 10.2 Å². The van der Waals surface area contributed by atoms with Gasteiger partial charge in [0.05, 0.1) is 4.90 Å². The fourth-order valence-corrected chi connectivity index (χ4v) is 5.92. The van der Waals surface area contributed by atoms with Gasteiger partial charge in [0, 0.05) is 35.4 Å². The number of anilines is 1. The number of halogens is 2. The Morgan fingerprint density at radius 3 is 2.42 bits per heavy atom. The van der Waals surface area contributed by atoms with Crippen molar-refractivity contribution in [3.63, 3.8) is 0 Å². The molecule has 1 amide bonds. The summed E-state index contributed by atoms with van der Waals surface area (Å²) in [7, 11) is -2.23. The number of hydrogen-bond donors (Lipinski definition) is 1. The van der Waals surface area contributed by atoms with Gasteiger partial charge < -0.3 is 10.1 Å². The summed E-state index contributed by atoms with van der Waals surface area (Å²) in [5, 5.41) is 12.4. The highest BCUT2D eigenvalue weighted by Gasteiger charge is 2.26. The van der Waals surface area contributed by atoms with Crippen molar-refractivity contribution in [1.29, 1.82) is 0 Å². The van der Waals surface area contributed by atoms with Crippen LogP contribution < -0.4 is 10.1 Å². The van der Waals surface area contributed by atoms with Gasteiger partial charge in [-0.25, -0.2) is 12.7 Å². The molecule has 38 heavy (non-hydrogen) atoms. The fourth-order valence-electron chi connectivity index (χ4n) is 3.64. The first-order valence-electron chi connectivity index (χ1n) is 11.5. The Kier molecular flexibility index (Phi) is 9.50. The van der Waals surface area contributed by atoms with E-state index >= 15 is 0 Å². The number of nitrogens with zero attached hydrogens (tertiary/aromatic N) is 3. The number of amides is 1. The molecule has 0 aliphatic rings. The fraction of sp³-hybridized carbons (Fsp3) is 0.192. The van der Waals surface area contributed by atoms with Crippen LogP contribution in [-0.2, 0) is 21.4 Å². The summed E-state index contributed by atoms with van der Waals surface area (Å²) in [6, 6.07) is 22.8. The lowest BCUT2D eigenvalue weighted by Crippen LogP contribution is -2.32. The Morgan fingerprint density at radius 2 is 1.74 bits per heavy atom. The molecule has 198 valence electrons. The van der Waals surface area contributed by atoms with Crippen molar-refractivity contribution in [1.82, 2.24) is 14.5 Å². The summed E-state index contributed by atoms with van der Waals surface area (Å²) in [6.07, 6.45) is 0.0560. The molecule has 0 aliphatic carbocycles. The lowest BCUT2D eigenvalue weighted by molar-refractivity contribution is -0.116. The molecule has 4 aromatic rings. The molecule has 1 N–H and O–H groups in total. The van der Waals surface area contributed by atoms with Gasteiger partial charge in [-0.05, 0) is 54.1 Å². The molecular weight excluding hydrogens is 612 g/mol. The molecule has 0 saturated carbocycles. The Balaban J connectivity index is 1.41. The second-order valence-corrected chi connectivity index (χ2v) is 12.8. The summed E-state index contributed by atoms with van der Waals surface area (Å²) in [5.41, 5.74) is 0.856. The van der Waals surface area contributed by atoms with E-state index in [0.717, 1.165) is 10.0 Å². The molecule has 4 rings (SSSR count). The van der Waals surface area contributed by atoms with Gasteiger partial charge in [0.2, 0.25) is 21.1 Å². The number of rotatable bonds is 11. The Hall–Kier alpha value is -2.83. The predicted molar refractivity (Wildman–Crippen MR) is 152 cm³/mol. The first kappa shape index (κ1) is 28.2. The van der Waals surface area contributed by atoms with E-state index in [2.05, 4.69) is 31.4 Å². The highest BCUT2D eigenvalue weighted by atomic mass is 79.9. The zero-order chi connectivity index (χ0) is 27.1. The van der Waals surface area contributed by atoms with Gasteiger partial charge in [0.25, 0.3) is 0 Å². The first-order valence-corrected chi connectivity index (χ1v) is 14.9. The molecule has 0 radical (unpaired) electrons. The Morgan fingerprint density at radius 1 is 1.05 bits per heavy atom. The first-order chi connectivity index (χ1) is 18.2. The molecule has 1 aromatic heterocycles. The van der Waals surface area contributed by atoms with Crippen molar-refractivity contribution in [2.45, 2.75) is 23.8 Å².